The third kappa shape index (κ3) is 17.3. The number of carboxylic acids is 1. The lowest BCUT2D eigenvalue weighted by Crippen LogP contribution is -2.46. The van der Waals surface area contributed by atoms with E-state index in [1.165, 1.54) is 57.8 Å². The van der Waals surface area contributed by atoms with E-state index >= 15 is 0 Å². The lowest BCUT2D eigenvalue weighted by atomic mass is 10.1. The van der Waals surface area contributed by atoms with Crippen molar-refractivity contribution in [1.29, 1.82) is 0 Å². The Labute approximate surface area is 130 Å². The van der Waals surface area contributed by atoms with Crippen molar-refractivity contribution >= 4 is 5.97 Å². The minimum Gasteiger partial charge on any atom is -0.480 e. The number of hydrogen-bond donors (Lipinski definition) is 4. The van der Waals surface area contributed by atoms with Crippen LogP contribution in [0.2, 0.25) is 0 Å². The highest BCUT2D eigenvalue weighted by molar-refractivity contribution is 5.68. The molecule has 1 unspecified atom stereocenters. The van der Waals surface area contributed by atoms with E-state index in [-0.39, 0.29) is 12.7 Å². The van der Waals surface area contributed by atoms with Crippen molar-refractivity contribution in [3.8, 4) is 0 Å². The van der Waals surface area contributed by atoms with Crippen LogP contribution in [-0.2, 0) is 4.79 Å². The van der Waals surface area contributed by atoms with E-state index in [1.54, 1.807) is 0 Å². The molecule has 0 saturated heterocycles. The number of rotatable bonds is 16. The number of carboxylic acid groups (broad SMARTS) is 1. The van der Waals surface area contributed by atoms with Gasteiger partial charge in [0.1, 0.15) is 0 Å². The van der Waals surface area contributed by atoms with Crippen LogP contribution in [0.4, 0.5) is 0 Å². The number of unbranched alkanes of at least 4 members (excludes halogenated alkanes) is 9. The minimum atomic E-state index is -0.850. The van der Waals surface area contributed by atoms with Gasteiger partial charge in [0.2, 0.25) is 0 Å². The Morgan fingerprint density at radius 1 is 1.00 bits per heavy atom. The third-order valence-electron chi connectivity index (χ3n) is 3.58. The summed E-state index contributed by atoms with van der Waals surface area (Å²) in [5, 5.41) is 14.5. The van der Waals surface area contributed by atoms with Gasteiger partial charge >= 0.3 is 5.97 Å². The molecule has 0 fully saturated rings. The van der Waals surface area contributed by atoms with Gasteiger partial charge in [-0.15, -0.1) is 0 Å². The van der Waals surface area contributed by atoms with E-state index in [9.17, 15) is 4.79 Å². The summed E-state index contributed by atoms with van der Waals surface area (Å²) >= 11 is 0. The Bertz CT molecular complexity index is 238. The van der Waals surface area contributed by atoms with Gasteiger partial charge in [0.05, 0.1) is 12.7 Å². The fraction of sp³-hybridized carbons (Fsp3) is 0.938. The number of hydrogen-bond acceptors (Lipinski definition) is 4. The molecule has 0 aromatic heterocycles. The predicted octanol–water partition coefficient (Wildman–Crippen LogP) is 2.46. The summed E-state index contributed by atoms with van der Waals surface area (Å²) in [4.78, 5) is 10.3. The second-order valence-electron chi connectivity index (χ2n) is 5.77. The first-order valence-corrected chi connectivity index (χ1v) is 8.58. The van der Waals surface area contributed by atoms with E-state index < -0.39 is 5.97 Å². The molecule has 5 heteroatoms. The smallest absolute Gasteiger partial charge is 0.317 e. The maximum atomic E-state index is 10.3. The third-order valence-corrected chi connectivity index (χ3v) is 3.58. The molecular formula is C16H35N3O2. The molecule has 0 heterocycles. The van der Waals surface area contributed by atoms with Gasteiger partial charge in [-0.2, -0.15) is 0 Å². The van der Waals surface area contributed by atoms with Crippen LogP contribution in [0, 0.1) is 0 Å². The molecule has 0 spiro atoms. The van der Waals surface area contributed by atoms with Crippen LogP contribution in [-0.4, -0.2) is 36.9 Å². The average molecular weight is 301 g/mol. The zero-order valence-corrected chi connectivity index (χ0v) is 13.7. The zero-order valence-electron chi connectivity index (χ0n) is 13.7. The molecule has 0 aliphatic heterocycles. The standard InChI is InChI=1S/C16H35N3O2/c1-2-3-4-5-6-7-8-9-10-11-12-19-15(17)13-18-14-16(20)21/h15,18-19H,2-14,17H2,1H3,(H,20,21). The van der Waals surface area contributed by atoms with E-state index in [1.807, 2.05) is 0 Å². The van der Waals surface area contributed by atoms with Crippen LogP contribution in [0.5, 0.6) is 0 Å². The number of aliphatic carboxylic acids is 1. The Hall–Kier alpha value is -0.650. The van der Waals surface area contributed by atoms with Gasteiger partial charge < -0.3 is 21.5 Å². The molecule has 0 aliphatic rings. The summed E-state index contributed by atoms with van der Waals surface area (Å²) in [6, 6.07) is 0. The first-order chi connectivity index (χ1) is 10.2. The monoisotopic (exact) mass is 301 g/mol. The Balaban J connectivity index is 3.12. The summed E-state index contributed by atoms with van der Waals surface area (Å²) in [7, 11) is 0. The molecule has 0 aromatic rings. The highest BCUT2D eigenvalue weighted by Gasteiger charge is 2.02. The molecule has 0 radical (unpaired) electrons. The van der Waals surface area contributed by atoms with Crippen molar-refractivity contribution in [2.24, 2.45) is 5.73 Å². The van der Waals surface area contributed by atoms with Gasteiger partial charge in [0, 0.05) is 6.54 Å². The molecule has 0 aliphatic carbocycles. The highest BCUT2D eigenvalue weighted by atomic mass is 16.4. The molecule has 0 bridgehead atoms. The first-order valence-electron chi connectivity index (χ1n) is 8.58. The SMILES string of the molecule is CCCCCCCCCCCCNC(N)CNCC(=O)O. The number of nitrogens with one attached hydrogen (secondary N) is 2. The largest absolute Gasteiger partial charge is 0.480 e. The van der Waals surface area contributed by atoms with Crippen molar-refractivity contribution in [2.75, 3.05) is 19.6 Å². The summed E-state index contributed by atoms with van der Waals surface area (Å²) in [5.41, 5.74) is 5.81. The normalized spacial score (nSPS) is 12.5. The average Bonchev–Trinajstić information content (AvgIpc) is 2.44. The van der Waals surface area contributed by atoms with E-state index in [0.717, 1.165) is 13.0 Å². The second kappa shape index (κ2) is 15.7. The molecule has 21 heavy (non-hydrogen) atoms. The fourth-order valence-corrected chi connectivity index (χ4v) is 2.31. The van der Waals surface area contributed by atoms with Crippen LogP contribution in [0.15, 0.2) is 0 Å². The second-order valence-corrected chi connectivity index (χ2v) is 5.77. The molecule has 0 aromatic carbocycles. The molecular weight excluding hydrogens is 266 g/mol. The lowest BCUT2D eigenvalue weighted by molar-refractivity contribution is -0.135. The van der Waals surface area contributed by atoms with Crippen molar-refractivity contribution in [2.45, 2.75) is 77.3 Å². The quantitative estimate of drug-likeness (QED) is 0.260. The Kier molecular flexibility index (Phi) is 15.2. The van der Waals surface area contributed by atoms with Gasteiger partial charge in [0.15, 0.2) is 0 Å². The molecule has 126 valence electrons. The molecule has 5 N–H and O–H groups in total. The van der Waals surface area contributed by atoms with Crippen molar-refractivity contribution in [3.63, 3.8) is 0 Å². The van der Waals surface area contributed by atoms with E-state index in [4.69, 9.17) is 10.8 Å². The van der Waals surface area contributed by atoms with Crippen LogP contribution < -0.4 is 16.4 Å². The van der Waals surface area contributed by atoms with E-state index in [2.05, 4.69) is 17.6 Å². The van der Waals surface area contributed by atoms with Gasteiger partial charge in [-0.05, 0) is 13.0 Å². The maximum absolute atomic E-state index is 10.3. The number of nitrogens with two attached hydrogens (primary N) is 1. The predicted molar refractivity (Wildman–Crippen MR) is 88.3 cm³/mol. The fourth-order valence-electron chi connectivity index (χ4n) is 2.31. The summed E-state index contributed by atoms with van der Waals surface area (Å²) in [6.07, 6.45) is 13.1. The molecule has 5 nitrogen and oxygen atoms in total. The number of carbonyl (C=O) groups is 1. The van der Waals surface area contributed by atoms with Crippen LogP contribution in [0.1, 0.15) is 71.1 Å². The maximum Gasteiger partial charge on any atom is 0.317 e. The van der Waals surface area contributed by atoms with Crippen LogP contribution >= 0.6 is 0 Å². The van der Waals surface area contributed by atoms with Crippen molar-refractivity contribution < 1.29 is 9.90 Å². The van der Waals surface area contributed by atoms with E-state index in [0.29, 0.717) is 6.54 Å². The van der Waals surface area contributed by atoms with Gasteiger partial charge in [-0.25, -0.2) is 0 Å². The minimum absolute atomic E-state index is 0.0341. The molecule has 0 saturated carbocycles. The lowest BCUT2D eigenvalue weighted by Gasteiger charge is -2.13. The highest BCUT2D eigenvalue weighted by Crippen LogP contribution is 2.10. The van der Waals surface area contributed by atoms with Gasteiger partial charge in [0.25, 0.3) is 0 Å². The molecule has 0 rings (SSSR count). The van der Waals surface area contributed by atoms with Gasteiger partial charge in [-0.1, -0.05) is 64.7 Å². The van der Waals surface area contributed by atoms with Crippen LogP contribution in [0.25, 0.3) is 0 Å². The van der Waals surface area contributed by atoms with Crippen molar-refractivity contribution in [1.82, 2.24) is 10.6 Å². The van der Waals surface area contributed by atoms with Crippen molar-refractivity contribution in [3.05, 3.63) is 0 Å². The Morgan fingerprint density at radius 3 is 2.05 bits per heavy atom. The van der Waals surface area contributed by atoms with Crippen LogP contribution in [0.3, 0.4) is 0 Å². The zero-order chi connectivity index (χ0) is 15.8. The Morgan fingerprint density at radius 2 is 1.52 bits per heavy atom. The molecule has 1 atom stereocenters. The summed E-state index contributed by atoms with van der Waals surface area (Å²) in [5.74, 6) is -0.850. The summed E-state index contributed by atoms with van der Waals surface area (Å²) < 4.78 is 0. The first kappa shape index (κ1) is 20.3. The topological polar surface area (TPSA) is 87.4 Å². The summed E-state index contributed by atoms with van der Waals surface area (Å²) in [6.45, 7) is 3.62. The van der Waals surface area contributed by atoms with Gasteiger partial charge in [-0.3, -0.25) is 4.79 Å². The molecule has 0 amide bonds.